The molecule has 0 saturated heterocycles. The third kappa shape index (κ3) is 2.80. The summed E-state index contributed by atoms with van der Waals surface area (Å²) in [5, 5.41) is 0. The van der Waals surface area contributed by atoms with Gasteiger partial charge in [0, 0.05) is 6.42 Å². The number of carbonyl (C=O) groups is 1. The van der Waals surface area contributed by atoms with E-state index in [1.54, 1.807) is 0 Å². The maximum atomic E-state index is 9.94. The van der Waals surface area contributed by atoms with E-state index in [0.717, 1.165) is 11.8 Å². The first kappa shape index (κ1) is 7.73. The summed E-state index contributed by atoms with van der Waals surface area (Å²) in [4.78, 5) is 9.94. The van der Waals surface area contributed by atoms with E-state index in [0.29, 0.717) is 6.42 Å². The van der Waals surface area contributed by atoms with Gasteiger partial charge in [0.25, 0.3) is 0 Å². The fourth-order valence-electron chi connectivity index (χ4n) is 0.824. The van der Waals surface area contributed by atoms with E-state index in [4.69, 9.17) is 0 Å². The zero-order valence-electron chi connectivity index (χ0n) is 6.23. The highest BCUT2D eigenvalue weighted by Crippen LogP contribution is 2.00. The first-order valence-electron chi connectivity index (χ1n) is 3.58. The Kier molecular flexibility index (Phi) is 3.13. The van der Waals surface area contributed by atoms with E-state index in [1.807, 2.05) is 42.5 Å². The summed E-state index contributed by atoms with van der Waals surface area (Å²) in [6, 6.07) is 9.92. The summed E-state index contributed by atoms with van der Waals surface area (Å²) in [5.41, 5.74) is 1.13. The first-order valence-corrected chi connectivity index (χ1v) is 3.58. The van der Waals surface area contributed by atoms with Crippen molar-refractivity contribution in [3.05, 3.63) is 42.0 Å². The molecule has 1 heteroatoms. The predicted molar refractivity (Wildman–Crippen MR) is 46.2 cm³/mol. The molecule has 0 atom stereocenters. The van der Waals surface area contributed by atoms with E-state index in [1.165, 1.54) is 0 Å². The SMILES string of the molecule is O=CC/C=C/c1ccccc1. The molecule has 11 heavy (non-hydrogen) atoms. The third-order valence-corrected chi connectivity index (χ3v) is 1.34. The van der Waals surface area contributed by atoms with Crippen molar-refractivity contribution < 1.29 is 4.79 Å². The molecule has 0 N–H and O–H groups in total. The second-order valence-electron chi connectivity index (χ2n) is 2.22. The normalized spacial score (nSPS) is 10.2. The van der Waals surface area contributed by atoms with Gasteiger partial charge in [-0.3, -0.25) is 0 Å². The van der Waals surface area contributed by atoms with E-state index in [9.17, 15) is 4.79 Å². The standard InChI is InChI=1S/C10H10O/c11-9-5-4-8-10-6-2-1-3-7-10/h1-4,6-9H,5H2/b8-4+. The molecule has 0 aliphatic rings. The Bertz CT molecular complexity index is 236. The van der Waals surface area contributed by atoms with Crippen molar-refractivity contribution in [1.29, 1.82) is 0 Å². The van der Waals surface area contributed by atoms with E-state index in [-0.39, 0.29) is 0 Å². The molecule has 0 bridgehead atoms. The number of aldehydes is 1. The highest BCUT2D eigenvalue weighted by atomic mass is 16.1. The van der Waals surface area contributed by atoms with Crippen molar-refractivity contribution in [2.45, 2.75) is 6.42 Å². The number of rotatable bonds is 3. The van der Waals surface area contributed by atoms with Crippen molar-refractivity contribution in [2.75, 3.05) is 0 Å². The monoisotopic (exact) mass is 146 g/mol. The van der Waals surface area contributed by atoms with Crippen LogP contribution < -0.4 is 0 Å². The van der Waals surface area contributed by atoms with Crippen LogP contribution in [0.2, 0.25) is 0 Å². The highest BCUT2D eigenvalue weighted by Gasteiger charge is 1.80. The molecule has 0 spiro atoms. The van der Waals surface area contributed by atoms with Crippen LogP contribution in [0.4, 0.5) is 0 Å². The topological polar surface area (TPSA) is 17.1 Å². The Morgan fingerprint density at radius 2 is 1.91 bits per heavy atom. The van der Waals surface area contributed by atoms with Gasteiger partial charge in [0.2, 0.25) is 0 Å². The molecule has 0 heterocycles. The van der Waals surface area contributed by atoms with Gasteiger partial charge in [-0.1, -0.05) is 42.5 Å². The van der Waals surface area contributed by atoms with Gasteiger partial charge in [0.05, 0.1) is 0 Å². The molecule has 0 aliphatic carbocycles. The third-order valence-electron chi connectivity index (χ3n) is 1.34. The second-order valence-corrected chi connectivity index (χ2v) is 2.22. The summed E-state index contributed by atoms with van der Waals surface area (Å²) < 4.78 is 0. The van der Waals surface area contributed by atoms with Gasteiger partial charge in [-0.05, 0) is 5.56 Å². The van der Waals surface area contributed by atoms with Gasteiger partial charge in [0.1, 0.15) is 6.29 Å². The van der Waals surface area contributed by atoms with Crippen LogP contribution in [0.15, 0.2) is 36.4 Å². The summed E-state index contributed by atoms with van der Waals surface area (Å²) in [6.45, 7) is 0. The van der Waals surface area contributed by atoms with E-state index >= 15 is 0 Å². The molecule has 1 rings (SSSR count). The lowest BCUT2D eigenvalue weighted by molar-refractivity contribution is -0.107. The minimum Gasteiger partial charge on any atom is -0.303 e. The van der Waals surface area contributed by atoms with E-state index < -0.39 is 0 Å². The molecule has 0 saturated carbocycles. The number of allylic oxidation sites excluding steroid dienone is 1. The van der Waals surface area contributed by atoms with Crippen LogP contribution in [0.1, 0.15) is 12.0 Å². The fraction of sp³-hybridized carbons (Fsp3) is 0.100. The molecule has 1 nitrogen and oxygen atoms in total. The minimum absolute atomic E-state index is 0.495. The van der Waals surface area contributed by atoms with Crippen LogP contribution in [0.25, 0.3) is 6.08 Å². The van der Waals surface area contributed by atoms with E-state index in [2.05, 4.69) is 0 Å². The zero-order valence-corrected chi connectivity index (χ0v) is 6.23. The maximum absolute atomic E-state index is 9.94. The summed E-state index contributed by atoms with van der Waals surface area (Å²) in [7, 11) is 0. The molecule has 0 fully saturated rings. The van der Waals surface area contributed by atoms with Gasteiger partial charge in [0.15, 0.2) is 0 Å². The number of benzene rings is 1. The van der Waals surface area contributed by atoms with Crippen molar-refractivity contribution in [3.8, 4) is 0 Å². The van der Waals surface area contributed by atoms with Gasteiger partial charge in [-0.25, -0.2) is 0 Å². The average molecular weight is 146 g/mol. The molecule has 56 valence electrons. The molecule has 0 aromatic heterocycles. The molecular formula is C10H10O. The van der Waals surface area contributed by atoms with Crippen LogP contribution >= 0.6 is 0 Å². The smallest absolute Gasteiger partial charge is 0.123 e. The molecule has 0 amide bonds. The van der Waals surface area contributed by atoms with Gasteiger partial charge in [-0.15, -0.1) is 0 Å². The summed E-state index contributed by atoms with van der Waals surface area (Å²) in [5.74, 6) is 0. The predicted octanol–water partition coefficient (Wildman–Crippen LogP) is 2.29. The van der Waals surface area contributed by atoms with Crippen molar-refractivity contribution in [2.24, 2.45) is 0 Å². The number of carbonyl (C=O) groups excluding carboxylic acids is 1. The highest BCUT2D eigenvalue weighted by molar-refractivity contribution is 5.57. The molecule has 1 aromatic rings. The summed E-state index contributed by atoms with van der Waals surface area (Å²) >= 11 is 0. The Balaban J connectivity index is 2.57. The van der Waals surface area contributed by atoms with Gasteiger partial charge >= 0.3 is 0 Å². The quantitative estimate of drug-likeness (QED) is 0.598. The van der Waals surface area contributed by atoms with Crippen LogP contribution in [0.5, 0.6) is 0 Å². The molecular weight excluding hydrogens is 136 g/mol. The lowest BCUT2D eigenvalue weighted by Gasteiger charge is -1.88. The minimum atomic E-state index is 0.495. The Labute approximate surface area is 66.4 Å². The Hall–Kier alpha value is -1.37. The van der Waals surface area contributed by atoms with Crippen LogP contribution in [-0.2, 0) is 4.79 Å². The van der Waals surface area contributed by atoms with Gasteiger partial charge in [-0.2, -0.15) is 0 Å². The largest absolute Gasteiger partial charge is 0.303 e. The summed E-state index contributed by atoms with van der Waals surface area (Å²) in [6.07, 6.45) is 5.17. The molecule has 0 aliphatic heterocycles. The Morgan fingerprint density at radius 3 is 2.55 bits per heavy atom. The first-order chi connectivity index (χ1) is 5.43. The lowest BCUT2D eigenvalue weighted by Crippen LogP contribution is -1.69. The van der Waals surface area contributed by atoms with Crippen molar-refractivity contribution in [1.82, 2.24) is 0 Å². The lowest BCUT2D eigenvalue weighted by atomic mass is 10.2. The Morgan fingerprint density at radius 1 is 1.18 bits per heavy atom. The molecule has 1 aromatic carbocycles. The second kappa shape index (κ2) is 4.45. The van der Waals surface area contributed by atoms with Gasteiger partial charge < -0.3 is 4.79 Å². The zero-order chi connectivity index (χ0) is 7.94. The fourth-order valence-corrected chi connectivity index (χ4v) is 0.824. The average Bonchev–Trinajstić information content (AvgIpc) is 2.07. The van der Waals surface area contributed by atoms with Crippen molar-refractivity contribution in [3.63, 3.8) is 0 Å². The maximum Gasteiger partial charge on any atom is 0.123 e. The number of hydrogen-bond donors (Lipinski definition) is 0. The molecule has 0 unspecified atom stereocenters. The molecule has 0 radical (unpaired) electrons. The number of hydrogen-bond acceptors (Lipinski definition) is 1. The van der Waals surface area contributed by atoms with Crippen LogP contribution in [-0.4, -0.2) is 6.29 Å². The van der Waals surface area contributed by atoms with Crippen LogP contribution in [0.3, 0.4) is 0 Å². The van der Waals surface area contributed by atoms with Crippen molar-refractivity contribution >= 4 is 12.4 Å². The van der Waals surface area contributed by atoms with Crippen LogP contribution in [0, 0.1) is 0 Å².